The summed E-state index contributed by atoms with van der Waals surface area (Å²) in [5.41, 5.74) is 5.39. The summed E-state index contributed by atoms with van der Waals surface area (Å²) in [5.74, 6) is 0.0848. The first kappa shape index (κ1) is 17.4. The molecule has 6 heteroatoms. The van der Waals surface area contributed by atoms with Crippen LogP contribution in [0.5, 0.6) is 0 Å². The molecule has 4 N–H and O–H groups in total. The van der Waals surface area contributed by atoms with Crippen molar-refractivity contribution in [1.29, 1.82) is 0 Å². The Bertz CT molecular complexity index is 287. The Morgan fingerprint density at radius 3 is 2.95 bits per heavy atom. The van der Waals surface area contributed by atoms with Crippen LogP contribution in [0.4, 0.5) is 0 Å². The van der Waals surface area contributed by atoms with Gasteiger partial charge in [-0.15, -0.1) is 0 Å². The highest BCUT2D eigenvalue weighted by molar-refractivity contribution is 5.78. The lowest BCUT2D eigenvalue weighted by molar-refractivity contribution is -0.127. The van der Waals surface area contributed by atoms with E-state index in [0.29, 0.717) is 32.8 Å². The highest BCUT2D eigenvalue weighted by Gasteiger charge is 2.26. The van der Waals surface area contributed by atoms with Gasteiger partial charge in [0.15, 0.2) is 0 Å². The number of likely N-dealkylation sites (tertiary alicyclic amines) is 1. The molecule has 0 saturated carbocycles. The molecule has 1 heterocycles. The summed E-state index contributed by atoms with van der Waals surface area (Å²) in [7, 11) is 0. The van der Waals surface area contributed by atoms with Crippen LogP contribution in [0.2, 0.25) is 0 Å². The van der Waals surface area contributed by atoms with Gasteiger partial charge in [0, 0.05) is 26.2 Å². The van der Waals surface area contributed by atoms with Crippen molar-refractivity contribution in [3.63, 3.8) is 0 Å². The number of amides is 1. The largest absolute Gasteiger partial charge is 0.389 e. The second-order valence-electron chi connectivity index (χ2n) is 5.71. The summed E-state index contributed by atoms with van der Waals surface area (Å²) < 4.78 is 5.40. The maximum absolute atomic E-state index is 11.9. The van der Waals surface area contributed by atoms with Gasteiger partial charge in [0.2, 0.25) is 5.91 Å². The number of hydrogen-bond donors (Lipinski definition) is 3. The summed E-state index contributed by atoms with van der Waals surface area (Å²) in [6, 6.07) is 0. The number of nitrogens with one attached hydrogen (secondary N) is 1. The molecule has 0 spiro atoms. The minimum Gasteiger partial charge on any atom is -0.389 e. The quantitative estimate of drug-likeness (QED) is 0.563. The fourth-order valence-corrected chi connectivity index (χ4v) is 2.43. The Morgan fingerprint density at radius 2 is 2.30 bits per heavy atom. The van der Waals surface area contributed by atoms with Crippen LogP contribution in [0.25, 0.3) is 0 Å². The molecule has 1 aliphatic heterocycles. The molecule has 6 nitrogen and oxygen atoms in total. The number of ether oxygens (including phenoxy) is 1. The molecule has 1 amide bonds. The van der Waals surface area contributed by atoms with E-state index in [4.69, 9.17) is 10.5 Å². The number of nitrogens with two attached hydrogens (primary N) is 1. The van der Waals surface area contributed by atoms with Gasteiger partial charge in [-0.25, -0.2) is 0 Å². The zero-order valence-corrected chi connectivity index (χ0v) is 12.7. The topological polar surface area (TPSA) is 87.8 Å². The molecule has 20 heavy (non-hydrogen) atoms. The van der Waals surface area contributed by atoms with Crippen molar-refractivity contribution in [2.24, 2.45) is 11.7 Å². The van der Waals surface area contributed by atoms with Crippen molar-refractivity contribution < 1.29 is 14.6 Å². The smallest absolute Gasteiger partial charge is 0.224 e. The van der Waals surface area contributed by atoms with Gasteiger partial charge in [0.1, 0.15) is 0 Å². The predicted molar refractivity (Wildman–Crippen MR) is 78.3 cm³/mol. The first-order chi connectivity index (χ1) is 9.52. The average Bonchev–Trinajstić information content (AvgIpc) is 2.42. The number of carbonyl (C=O) groups excluding carboxylic acids is 1. The van der Waals surface area contributed by atoms with E-state index in [0.717, 1.165) is 19.4 Å². The van der Waals surface area contributed by atoms with Crippen LogP contribution in [-0.4, -0.2) is 67.5 Å². The maximum Gasteiger partial charge on any atom is 0.224 e. The van der Waals surface area contributed by atoms with Crippen molar-refractivity contribution in [3.8, 4) is 0 Å². The zero-order chi connectivity index (χ0) is 15.0. The van der Waals surface area contributed by atoms with E-state index in [-0.39, 0.29) is 17.9 Å². The lowest BCUT2D eigenvalue weighted by atomic mass is 9.97. The number of piperidine rings is 1. The van der Waals surface area contributed by atoms with Gasteiger partial charge in [-0.3, -0.25) is 9.69 Å². The lowest BCUT2D eigenvalue weighted by Crippen LogP contribution is -2.46. The first-order valence-electron chi connectivity index (χ1n) is 7.52. The first-order valence-corrected chi connectivity index (χ1v) is 7.52. The van der Waals surface area contributed by atoms with Gasteiger partial charge >= 0.3 is 0 Å². The molecule has 0 radical (unpaired) electrons. The third-order valence-electron chi connectivity index (χ3n) is 3.41. The van der Waals surface area contributed by atoms with Crippen LogP contribution in [0.3, 0.4) is 0 Å². The minimum atomic E-state index is -0.497. The fraction of sp³-hybridized carbons (Fsp3) is 0.929. The molecule has 0 aromatic carbocycles. The van der Waals surface area contributed by atoms with Crippen LogP contribution in [-0.2, 0) is 9.53 Å². The Hall–Kier alpha value is -0.690. The highest BCUT2D eigenvalue weighted by atomic mass is 16.5. The third-order valence-corrected chi connectivity index (χ3v) is 3.41. The normalized spacial score (nSPS) is 21.9. The van der Waals surface area contributed by atoms with Gasteiger partial charge in [-0.05, 0) is 33.2 Å². The molecule has 1 rings (SSSR count). The Balaban J connectivity index is 2.31. The van der Waals surface area contributed by atoms with E-state index in [1.807, 2.05) is 13.8 Å². The van der Waals surface area contributed by atoms with E-state index < -0.39 is 6.10 Å². The standard InChI is InChI=1S/C14H29N3O3/c1-11(2)20-10-13(18)9-17-7-3-4-12(8-17)14(19)16-6-5-15/h11-13,18H,3-10,15H2,1-2H3,(H,16,19). The molecule has 118 valence electrons. The summed E-state index contributed by atoms with van der Waals surface area (Å²) in [6.45, 7) is 7.44. The molecule has 2 atom stereocenters. The fourth-order valence-electron chi connectivity index (χ4n) is 2.43. The van der Waals surface area contributed by atoms with Crippen molar-refractivity contribution in [1.82, 2.24) is 10.2 Å². The van der Waals surface area contributed by atoms with Crippen LogP contribution in [0.15, 0.2) is 0 Å². The second kappa shape index (κ2) is 9.28. The Morgan fingerprint density at radius 1 is 1.55 bits per heavy atom. The van der Waals surface area contributed by atoms with Gasteiger partial charge in [-0.2, -0.15) is 0 Å². The number of β-amino-alcohol motifs (C(OH)–C–C–N with tert-alkyl or cyclic N) is 1. The van der Waals surface area contributed by atoms with Gasteiger partial charge < -0.3 is 20.9 Å². The van der Waals surface area contributed by atoms with Crippen molar-refractivity contribution in [2.75, 3.05) is 39.3 Å². The maximum atomic E-state index is 11.9. The summed E-state index contributed by atoms with van der Waals surface area (Å²) in [6.07, 6.45) is 1.52. The Labute approximate surface area is 121 Å². The summed E-state index contributed by atoms with van der Waals surface area (Å²) in [4.78, 5) is 14.1. The predicted octanol–water partition coefficient (Wildman–Crippen LogP) is -0.441. The highest BCUT2D eigenvalue weighted by Crippen LogP contribution is 2.16. The van der Waals surface area contributed by atoms with Gasteiger partial charge in [0.05, 0.1) is 24.7 Å². The molecule has 1 saturated heterocycles. The van der Waals surface area contributed by atoms with Crippen molar-refractivity contribution in [2.45, 2.75) is 38.9 Å². The van der Waals surface area contributed by atoms with Crippen LogP contribution < -0.4 is 11.1 Å². The monoisotopic (exact) mass is 287 g/mol. The van der Waals surface area contributed by atoms with E-state index in [2.05, 4.69) is 10.2 Å². The molecule has 2 unspecified atom stereocenters. The molecule has 0 aliphatic carbocycles. The van der Waals surface area contributed by atoms with E-state index >= 15 is 0 Å². The van der Waals surface area contributed by atoms with Gasteiger partial charge in [-0.1, -0.05) is 0 Å². The van der Waals surface area contributed by atoms with E-state index in [1.165, 1.54) is 0 Å². The average molecular weight is 287 g/mol. The van der Waals surface area contributed by atoms with Crippen LogP contribution in [0, 0.1) is 5.92 Å². The Kier molecular flexibility index (Phi) is 8.06. The number of nitrogens with zero attached hydrogens (tertiary/aromatic N) is 1. The number of carbonyl (C=O) groups is 1. The van der Waals surface area contributed by atoms with Crippen molar-refractivity contribution in [3.05, 3.63) is 0 Å². The molecule has 1 fully saturated rings. The third kappa shape index (κ3) is 6.65. The van der Waals surface area contributed by atoms with Crippen LogP contribution in [0.1, 0.15) is 26.7 Å². The molecule has 0 bridgehead atoms. The molecule has 1 aliphatic rings. The molecular formula is C14H29N3O3. The SMILES string of the molecule is CC(C)OCC(O)CN1CCCC(C(=O)NCCN)C1. The van der Waals surface area contributed by atoms with Crippen molar-refractivity contribution >= 4 is 5.91 Å². The zero-order valence-electron chi connectivity index (χ0n) is 12.7. The number of aliphatic hydroxyl groups excluding tert-OH is 1. The van der Waals surface area contributed by atoms with Gasteiger partial charge in [0.25, 0.3) is 0 Å². The molecular weight excluding hydrogens is 258 g/mol. The second-order valence-corrected chi connectivity index (χ2v) is 5.71. The molecule has 0 aromatic rings. The molecule has 0 aromatic heterocycles. The number of hydrogen-bond acceptors (Lipinski definition) is 5. The minimum absolute atomic E-state index is 0.00789. The summed E-state index contributed by atoms with van der Waals surface area (Å²) in [5, 5.41) is 12.8. The summed E-state index contributed by atoms with van der Waals surface area (Å²) >= 11 is 0. The lowest BCUT2D eigenvalue weighted by Gasteiger charge is -2.33. The van der Waals surface area contributed by atoms with E-state index in [1.54, 1.807) is 0 Å². The number of rotatable bonds is 8. The van der Waals surface area contributed by atoms with Crippen LogP contribution >= 0.6 is 0 Å². The van der Waals surface area contributed by atoms with E-state index in [9.17, 15) is 9.90 Å². The number of aliphatic hydroxyl groups is 1.